The number of likely N-dealkylation sites (N-methyl/N-ethyl adjacent to an activating group) is 1. The number of hydrogen-bond donors (Lipinski definition) is 0. The summed E-state index contributed by atoms with van der Waals surface area (Å²) in [7, 11) is 1.86. The van der Waals surface area contributed by atoms with Crippen molar-refractivity contribution in [3.05, 3.63) is 65.7 Å². The summed E-state index contributed by atoms with van der Waals surface area (Å²) in [6.07, 6.45) is 0. The SMILES string of the molecule is CN(CC(Cl)c1cc(F)ccc1F)c1ccccc1. The largest absolute Gasteiger partial charge is 0.373 e. The highest BCUT2D eigenvalue weighted by Gasteiger charge is 2.16. The van der Waals surface area contributed by atoms with Crippen molar-refractivity contribution in [1.29, 1.82) is 0 Å². The first-order valence-electron chi connectivity index (χ1n) is 5.93. The predicted molar refractivity (Wildman–Crippen MR) is 74.7 cm³/mol. The monoisotopic (exact) mass is 281 g/mol. The molecular formula is C15H14ClF2N. The molecule has 0 aromatic heterocycles. The van der Waals surface area contributed by atoms with E-state index in [4.69, 9.17) is 11.6 Å². The number of alkyl halides is 1. The van der Waals surface area contributed by atoms with E-state index in [1.165, 1.54) is 0 Å². The Morgan fingerprint density at radius 1 is 1.11 bits per heavy atom. The molecule has 1 nitrogen and oxygen atoms in total. The maximum Gasteiger partial charge on any atom is 0.128 e. The highest BCUT2D eigenvalue weighted by Crippen LogP contribution is 2.26. The van der Waals surface area contributed by atoms with Crippen LogP contribution < -0.4 is 4.90 Å². The first-order valence-corrected chi connectivity index (χ1v) is 6.37. The summed E-state index contributed by atoms with van der Waals surface area (Å²) in [4.78, 5) is 1.90. The van der Waals surface area contributed by atoms with Crippen LogP contribution in [0.15, 0.2) is 48.5 Å². The molecule has 0 saturated carbocycles. The van der Waals surface area contributed by atoms with Crippen LogP contribution in [-0.2, 0) is 0 Å². The zero-order valence-electron chi connectivity index (χ0n) is 10.5. The molecule has 1 unspecified atom stereocenters. The predicted octanol–water partition coefficient (Wildman–Crippen LogP) is 4.38. The van der Waals surface area contributed by atoms with E-state index in [1.54, 1.807) is 0 Å². The quantitative estimate of drug-likeness (QED) is 0.752. The van der Waals surface area contributed by atoms with Crippen LogP contribution >= 0.6 is 11.6 Å². The summed E-state index contributed by atoms with van der Waals surface area (Å²) >= 11 is 6.18. The molecule has 2 aromatic carbocycles. The minimum absolute atomic E-state index is 0.185. The van der Waals surface area contributed by atoms with Gasteiger partial charge in [-0.15, -0.1) is 11.6 Å². The molecule has 0 saturated heterocycles. The molecule has 0 bridgehead atoms. The van der Waals surface area contributed by atoms with Crippen molar-refractivity contribution in [3.63, 3.8) is 0 Å². The summed E-state index contributed by atoms with van der Waals surface area (Å²) in [6.45, 7) is 0.395. The minimum atomic E-state index is -0.610. The first kappa shape index (κ1) is 13.8. The number of rotatable bonds is 4. The van der Waals surface area contributed by atoms with Crippen LogP contribution in [0.25, 0.3) is 0 Å². The van der Waals surface area contributed by atoms with Gasteiger partial charge in [-0.1, -0.05) is 18.2 Å². The van der Waals surface area contributed by atoms with Gasteiger partial charge in [0.15, 0.2) is 0 Å². The molecule has 0 heterocycles. The van der Waals surface area contributed by atoms with Gasteiger partial charge in [0, 0.05) is 24.8 Å². The topological polar surface area (TPSA) is 3.24 Å². The lowest BCUT2D eigenvalue weighted by Crippen LogP contribution is -2.22. The second kappa shape index (κ2) is 6.02. The summed E-state index contributed by atoms with van der Waals surface area (Å²) in [5.41, 5.74) is 1.16. The Morgan fingerprint density at radius 3 is 2.47 bits per heavy atom. The van der Waals surface area contributed by atoms with Crippen molar-refractivity contribution in [2.75, 3.05) is 18.5 Å². The average molecular weight is 282 g/mol. The third-order valence-corrected chi connectivity index (χ3v) is 3.30. The molecule has 1 atom stereocenters. The van der Waals surface area contributed by atoms with Gasteiger partial charge in [0.2, 0.25) is 0 Å². The fourth-order valence-electron chi connectivity index (χ4n) is 1.88. The zero-order valence-corrected chi connectivity index (χ0v) is 11.2. The van der Waals surface area contributed by atoms with E-state index in [9.17, 15) is 8.78 Å². The molecule has 0 N–H and O–H groups in total. The summed E-state index contributed by atoms with van der Waals surface area (Å²) < 4.78 is 26.7. The average Bonchev–Trinajstić information content (AvgIpc) is 2.42. The molecule has 0 fully saturated rings. The van der Waals surface area contributed by atoms with E-state index >= 15 is 0 Å². The molecule has 0 spiro atoms. The molecule has 100 valence electrons. The molecule has 0 aliphatic rings. The second-order valence-corrected chi connectivity index (χ2v) is 4.88. The molecule has 0 aliphatic carbocycles. The Balaban J connectivity index is 2.13. The van der Waals surface area contributed by atoms with Crippen LogP contribution in [0.3, 0.4) is 0 Å². The Kier molecular flexibility index (Phi) is 4.38. The van der Waals surface area contributed by atoms with Crippen LogP contribution in [-0.4, -0.2) is 13.6 Å². The highest BCUT2D eigenvalue weighted by atomic mass is 35.5. The lowest BCUT2D eigenvalue weighted by molar-refractivity contribution is 0.581. The third kappa shape index (κ3) is 3.44. The number of halogens is 3. The molecule has 2 rings (SSSR count). The zero-order chi connectivity index (χ0) is 13.8. The van der Waals surface area contributed by atoms with Crippen LogP contribution in [0.2, 0.25) is 0 Å². The van der Waals surface area contributed by atoms with E-state index in [0.29, 0.717) is 6.54 Å². The number of para-hydroxylation sites is 1. The number of anilines is 1. The smallest absolute Gasteiger partial charge is 0.128 e. The van der Waals surface area contributed by atoms with Crippen LogP contribution in [0.5, 0.6) is 0 Å². The summed E-state index contributed by atoms with van der Waals surface area (Å²) in [6, 6.07) is 13.0. The molecule has 2 aromatic rings. The van der Waals surface area contributed by atoms with Crippen LogP contribution in [0, 0.1) is 11.6 Å². The second-order valence-electron chi connectivity index (χ2n) is 4.35. The maximum absolute atomic E-state index is 13.6. The van der Waals surface area contributed by atoms with E-state index in [1.807, 2.05) is 42.3 Å². The van der Waals surface area contributed by atoms with E-state index in [0.717, 1.165) is 23.9 Å². The molecule has 0 aliphatic heterocycles. The lowest BCUT2D eigenvalue weighted by Gasteiger charge is -2.22. The standard InChI is InChI=1S/C15H14ClF2N/c1-19(12-5-3-2-4-6-12)10-14(16)13-9-11(17)7-8-15(13)18/h2-9,14H,10H2,1H3. The van der Waals surface area contributed by atoms with E-state index in [-0.39, 0.29) is 5.56 Å². The molecule has 19 heavy (non-hydrogen) atoms. The fourth-order valence-corrected chi connectivity index (χ4v) is 2.26. The first-order chi connectivity index (χ1) is 9.08. The number of benzene rings is 2. The van der Waals surface area contributed by atoms with Crippen molar-refractivity contribution in [2.45, 2.75) is 5.38 Å². The minimum Gasteiger partial charge on any atom is -0.373 e. The highest BCUT2D eigenvalue weighted by molar-refractivity contribution is 6.21. The van der Waals surface area contributed by atoms with Gasteiger partial charge in [-0.05, 0) is 30.3 Å². The summed E-state index contributed by atoms with van der Waals surface area (Å²) in [5, 5.41) is -0.610. The molecule has 0 radical (unpaired) electrons. The van der Waals surface area contributed by atoms with Gasteiger partial charge in [0.25, 0.3) is 0 Å². The van der Waals surface area contributed by atoms with Gasteiger partial charge in [-0.25, -0.2) is 8.78 Å². The van der Waals surface area contributed by atoms with Crippen LogP contribution in [0.1, 0.15) is 10.9 Å². The van der Waals surface area contributed by atoms with Crippen molar-refractivity contribution in [1.82, 2.24) is 0 Å². The van der Waals surface area contributed by atoms with Gasteiger partial charge >= 0.3 is 0 Å². The molecule has 0 amide bonds. The Morgan fingerprint density at radius 2 is 1.79 bits per heavy atom. The maximum atomic E-state index is 13.6. The lowest BCUT2D eigenvalue weighted by atomic mass is 10.1. The number of nitrogens with zero attached hydrogens (tertiary/aromatic N) is 1. The third-order valence-electron chi connectivity index (χ3n) is 2.93. The van der Waals surface area contributed by atoms with Crippen molar-refractivity contribution >= 4 is 17.3 Å². The van der Waals surface area contributed by atoms with Gasteiger partial charge in [-0.2, -0.15) is 0 Å². The van der Waals surface area contributed by atoms with Gasteiger partial charge in [0.05, 0.1) is 5.38 Å². The van der Waals surface area contributed by atoms with Crippen molar-refractivity contribution in [2.24, 2.45) is 0 Å². The van der Waals surface area contributed by atoms with Crippen LogP contribution in [0.4, 0.5) is 14.5 Å². The van der Waals surface area contributed by atoms with Crippen molar-refractivity contribution < 1.29 is 8.78 Å². The van der Waals surface area contributed by atoms with Gasteiger partial charge in [-0.3, -0.25) is 0 Å². The fraction of sp³-hybridized carbons (Fsp3) is 0.200. The van der Waals surface area contributed by atoms with Crippen molar-refractivity contribution in [3.8, 4) is 0 Å². The molecule has 4 heteroatoms. The molecular weight excluding hydrogens is 268 g/mol. The van der Waals surface area contributed by atoms with Gasteiger partial charge < -0.3 is 4.90 Å². The Bertz CT molecular complexity index is 545. The van der Waals surface area contributed by atoms with E-state index in [2.05, 4.69) is 0 Å². The number of hydrogen-bond acceptors (Lipinski definition) is 1. The Labute approximate surface area is 116 Å². The van der Waals surface area contributed by atoms with Gasteiger partial charge in [0.1, 0.15) is 11.6 Å². The summed E-state index contributed by atoms with van der Waals surface area (Å²) in [5.74, 6) is -0.965. The normalized spacial score (nSPS) is 12.2. The van der Waals surface area contributed by atoms with E-state index < -0.39 is 17.0 Å². The Hall–Kier alpha value is -1.61.